The summed E-state index contributed by atoms with van der Waals surface area (Å²) in [5.41, 5.74) is 10.7. The van der Waals surface area contributed by atoms with Gasteiger partial charge < -0.3 is 25.4 Å². The summed E-state index contributed by atoms with van der Waals surface area (Å²) in [5.74, 6) is 6.51. The second-order valence-corrected chi connectivity index (χ2v) is 7.73. The van der Waals surface area contributed by atoms with Crippen molar-refractivity contribution in [3.63, 3.8) is 0 Å². The topological polar surface area (TPSA) is 107 Å². The molecule has 0 spiro atoms. The van der Waals surface area contributed by atoms with Crippen LogP contribution in [0, 0.1) is 12.7 Å². The number of nitrogens with one attached hydrogen (secondary N) is 1. The molecule has 1 heterocycles. The summed E-state index contributed by atoms with van der Waals surface area (Å²) in [6.45, 7) is 6.57. The number of hydrogen-bond acceptors (Lipinski definition) is 7. The highest BCUT2D eigenvalue weighted by Crippen LogP contribution is 2.34. The van der Waals surface area contributed by atoms with Gasteiger partial charge in [-0.25, -0.2) is 15.2 Å². The Morgan fingerprint density at radius 2 is 2.03 bits per heavy atom. The Bertz CT molecular complexity index is 967. The van der Waals surface area contributed by atoms with Gasteiger partial charge in [-0.1, -0.05) is 11.6 Å². The third kappa shape index (κ3) is 5.80. The first-order chi connectivity index (χ1) is 15.4. The number of nitrogen functional groups attached to an aromatic ring is 1. The Morgan fingerprint density at radius 1 is 1.28 bits per heavy atom. The summed E-state index contributed by atoms with van der Waals surface area (Å²) >= 11 is 6.00. The van der Waals surface area contributed by atoms with Crippen molar-refractivity contribution < 1.29 is 18.6 Å². The second kappa shape index (κ2) is 11.3. The zero-order valence-electron chi connectivity index (χ0n) is 18.3. The van der Waals surface area contributed by atoms with Crippen molar-refractivity contribution >= 4 is 28.8 Å². The predicted molar refractivity (Wildman–Crippen MR) is 124 cm³/mol. The number of amidine groups is 1. The zero-order chi connectivity index (χ0) is 23.1. The SMILES string of the molecule is COc1cc(C(=Nc2ccc(F)c(Cl)c2C)NN)c(N)cc1OCCCN1CCOCC1. The molecule has 0 aliphatic carbocycles. The van der Waals surface area contributed by atoms with E-state index >= 15 is 0 Å². The molecule has 0 atom stereocenters. The molecule has 8 nitrogen and oxygen atoms in total. The van der Waals surface area contributed by atoms with Crippen LogP contribution in [-0.2, 0) is 4.74 Å². The van der Waals surface area contributed by atoms with E-state index in [4.69, 9.17) is 37.4 Å². The molecule has 1 saturated heterocycles. The highest BCUT2D eigenvalue weighted by atomic mass is 35.5. The summed E-state index contributed by atoms with van der Waals surface area (Å²) in [5, 5.41) is 0.00833. The van der Waals surface area contributed by atoms with Crippen molar-refractivity contribution in [2.45, 2.75) is 13.3 Å². The molecule has 5 N–H and O–H groups in total. The van der Waals surface area contributed by atoms with Crippen LogP contribution < -0.4 is 26.5 Å². The number of hydrazine groups is 1. The molecule has 1 aliphatic heterocycles. The first-order valence-corrected chi connectivity index (χ1v) is 10.7. The molecule has 0 aromatic heterocycles. The highest BCUT2D eigenvalue weighted by Gasteiger charge is 2.16. The lowest BCUT2D eigenvalue weighted by Gasteiger charge is -2.26. The van der Waals surface area contributed by atoms with Crippen LogP contribution in [0.5, 0.6) is 11.5 Å². The van der Waals surface area contributed by atoms with E-state index in [9.17, 15) is 4.39 Å². The summed E-state index contributed by atoms with van der Waals surface area (Å²) < 4.78 is 30.4. The molecule has 0 amide bonds. The Labute approximate surface area is 192 Å². The highest BCUT2D eigenvalue weighted by molar-refractivity contribution is 6.31. The molecule has 2 aromatic carbocycles. The minimum absolute atomic E-state index is 0.00833. The monoisotopic (exact) mass is 465 g/mol. The fourth-order valence-electron chi connectivity index (χ4n) is 3.40. The minimum atomic E-state index is -0.512. The average Bonchev–Trinajstić information content (AvgIpc) is 2.81. The number of rotatable bonds is 8. The molecule has 0 radical (unpaired) electrons. The van der Waals surface area contributed by atoms with Crippen LogP contribution in [0.3, 0.4) is 0 Å². The van der Waals surface area contributed by atoms with Gasteiger partial charge in [0.05, 0.1) is 37.6 Å². The fourth-order valence-corrected chi connectivity index (χ4v) is 3.56. The smallest absolute Gasteiger partial charge is 0.163 e. The molecule has 174 valence electrons. The van der Waals surface area contributed by atoms with Crippen molar-refractivity contribution in [3.8, 4) is 11.5 Å². The van der Waals surface area contributed by atoms with Gasteiger partial charge in [-0.3, -0.25) is 4.90 Å². The maximum absolute atomic E-state index is 13.7. The molecule has 1 aliphatic rings. The lowest BCUT2D eigenvalue weighted by Crippen LogP contribution is -2.37. The quantitative estimate of drug-likeness (QED) is 0.137. The molecule has 10 heteroatoms. The van der Waals surface area contributed by atoms with Crippen LogP contribution in [0.15, 0.2) is 29.3 Å². The molecule has 32 heavy (non-hydrogen) atoms. The standard InChI is InChI=1S/C22H29ClFN5O3/c1-14-18(5-4-16(24)21(14)23)27-22(28-26)15-12-19(30-2)20(13-17(15)25)32-9-3-6-29-7-10-31-11-8-29/h4-5,12-13H,3,6-11,25-26H2,1-2H3,(H,27,28). The number of hydrogen-bond donors (Lipinski definition) is 3. The van der Waals surface area contributed by atoms with Gasteiger partial charge in [0.1, 0.15) is 11.7 Å². The number of benzene rings is 2. The summed E-state index contributed by atoms with van der Waals surface area (Å²) in [4.78, 5) is 6.83. The Balaban J connectivity index is 1.76. The van der Waals surface area contributed by atoms with Crippen LogP contribution in [0.25, 0.3) is 0 Å². The predicted octanol–water partition coefficient (Wildman–Crippen LogP) is 3.02. The summed E-state index contributed by atoms with van der Waals surface area (Å²) in [6.07, 6.45) is 0.868. The van der Waals surface area contributed by atoms with Gasteiger partial charge in [-0.15, -0.1) is 0 Å². The van der Waals surface area contributed by atoms with Gasteiger partial charge >= 0.3 is 0 Å². The number of aliphatic imine (C=N–C) groups is 1. The van der Waals surface area contributed by atoms with Gasteiger partial charge in [0.15, 0.2) is 11.5 Å². The van der Waals surface area contributed by atoms with Gasteiger partial charge in [0, 0.05) is 37.0 Å². The molecular weight excluding hydrogens is 437 g/mol. The van der Waals surface area contributed by atoms with E-state index in [0.717, 1.165) is 39.3 Å². The fraction of sp³-hybridized carbons (Fsp3) is 0.409. The van der Waals surface area contributed by atoms with E-state index in [1.165, 1.54) is 12.1 Å². The third-order valence-corrected chi connectivity index (χ3v) is 5.71. The third-order valence-electron chi connectivity index (χ3n) is 5.25. The van der Waals surface area contributed by atoms with Crippen molar-refractivity contribution in [1.29, 1.82) is 0 Å². The van der Waals surface area contributed by atoms with E-state index in [1.807, 2.05) is 0 Å². The molecule has 2 aromatic rings. The Hall–Kier alpha value is -2.59. The number of nitrogens with zero attached hydrogens (tertiary/aromatic N) is 2. The number of nitrogens with two attached hydrogens (primary N) is 2. The van der Waals surface area contributed by atoms with Gasteiger partial charge in [-0.05, 0) is 37.1 Å². The van der Waals surface area contributed by atoms with Crippen LogP contribution in [0.1, 0.15) is 17.5 Å². The number of anilines is 1. The molecule has 0 bridgehead atoms. The van der Waals surface area contributed by atoms with E-state index in [0.29, 0.717) is 40.6 Å². The Kier molecular flexibility index (Phi) is 8.52. The van der Waals surface area contributed by atoms with Crippen molar-refractivity contribution in [3.05, 3.63) is 46.2 Å². The first kappa shape index (κ1) is 24.1. The van der Waals surface area contributed by atoms with Crippen LogP contribution in [0.4, 0.5) is 15.8 Å². The Morgan fingerprint density at radius 3 is 2.72 bits per heavy atom. The molecule has 1 fully saturated rings. The normalized spacial score (nSPS) is 15.0. The maximum Gasteiger partial charge on any atom is 0.163 e. The first-order valence-electron chi connectivity index (χ1n) is 10.3. The summed E-state index contributed by atoms with van der Waals surface area (Å²) in [6, 6.07) is 6.15. The van der Waals surface area contributed by atoms with E-state index < -0.39 is 5.82 Å². The van der Waals surface area contributed by atoms with Crippen LogP contribution in [-0.4, -0.2) is 57.3 Å². The minimum Gasteiger partial charge on any atom is -0.493 e. The van der Waals surface area contributed by atoms with Gasteiger partial charge in [-0.2, -0.15) is 0 Å². The number of morpholine rings is 1. The lowest BCUT2D eigenvalue weighted by molar-refractivity contribution is 0.0357. The van der Waals surface area contributed by atoms with Crippen molar-refractivity contribution in [2.24, 2.45) is 10.8 Å². The average molecular weight is 466 g/mol. The number of methoxy groups -OCH3 is 1. The van der Waals surface area contributed by atoms with Crippen molar-refractivity contribution in [1.82, 2.24) is 10.3 Å². The molecule has 0 saturated carbocycles. The van der Waals surface area contributed by atoms with E-state index in [1.54, 1.807) is 26.2 Å². The van der Waals surface area contributed by atoms with Crippen molar-refractivity contribution in [2.75, 3.05) is 52.3 Å². The largest absolute Gasteiger partial charge is 0.493 e. The summed E-state index contributed by atoms with van der Waals surface area (Å²) in [7, 11) is 1.55. The van der Waals surface area contributed by atoms with E-state index in [-0.39, 0.29) is 10.9 Å². The zero-order valence-corrected chi connectivity index (χ0v) is 19.0. The number of halogens is 2. The maximum atomic E-state index is 13.7. The lowest BCUT2D eigenvalue weighted by atomic mass is 10.1. The van der Waals surface area contributed by atoms with Gasteiger partial charge in [0.2, 0.25) is 0 Å². The molecule has 0 unspecified atom stereocenters. The van der Waals surface area contributed by atoms with E-state index in [2.05, 4.69) is 15.3 Å². The molecule has 3 rings (SSSR count). The van der Waals surface area contributed by atoms with Gasteiger partial charge in [0.25, 0.3) is 0 Å². The molecular formula is C22H29ClFN5O3. The van der Waals surface area contributed by atoms with Crippen LogP contribution >= 0.6 is 11.6 Å². The van der Waals surface area contributed by atoms with Crippen LogP contribution in [0.2, 0.25) is 5.02 Å². The second-order valence-electron chi connectivity index (χ2n) is 7.36. The number of ether oxygens (including phenoxy) is 3.